The Morgan fingerprint density at radius 1 is 1.24 bits per heavy atom. The summed E-state index contributed by atoms with van der Waals surface area (Å²) in [5.41, 5.74) is 0.626. The van der Waals surface area contributed by atoms with Crippen LogP contribution >= 0.6 is 0 Å². The third-order valence-electron chi connectivity index (χ3n) is 4.26. The highest BCUT2D eigenvalue weighted by Gasteiger charge is 2.38. The van der Waals surface area contributed by atoms with E-state index < -0.39 is 10.0 Å². The molecule has 0 saturated carbocycles. The molecule has 0 radical (unpaired) electrons. The Labute approximate surface area is 124 Å². The molecule has 1 aliphatic rings. The van der Waals surface area contributed by atoms with E-state index in [-0.39, 0.29) is 5.03 Å². The minimum atomic E-state index is -3.56. The molecule has 21 heavy (non-hydrogen) atoms. The molecule has 2 aromatic heterocycles. The molecule has 1 saturated heterocycles. The number of imidazole rings is 1. The minimum Gasteiger partial charge on any atom is -0.371 e. The first-order valence-electron chi connectivity index (χ1n) is 7.10. The number of pyridine rings is 1. The largest absolute Gasteiger partial charge is 0.371 e. The van der Waals surface area contributed by atoms with E-state index in [0.29, 0.717) is 36.4 Å². The van der Waals surface area contributed by atoms with Crippen molar-refractivity contribution in [1.82, 2.24) is 13.7 Å². The van der Waals surface area contributed by atoms with E-state index in [1.54, 1.807) is 28.0 Å². The highest BCUT2D eigenvalue weighted by atomic mass is 32.2. The van der Waals surface area contributed by atoms with Crippen LogP contribution in [0, 0.1) is 11.8 Å². The van der Waals surface area contributed by atoms with Crippen molar-refractivity contribution in [1.29, 1.82) is 0 Å². The van der Waals surface area contributed by atoms with E-state index in [0.717, 1.165) is 0 Å². The smallest absolute Gasteiger partial charge is 0.262 e. The molecular formula is C14H20N4O2S. The quantitative estimate of drug-likeness (QED) is 0.936. The highest BCUT2D eigenvalue weighted by Crippen LogP contribution is 2.31. The van der Waals surface area contributed by atoms with Crippen LogP contribution in [-0.4, -0.2) is 42.2 Å². The fraction of sp³-hybridized carbons (Fsp3) is 0.500. The van der Waals surface area contributed by atoms with E-state index in [9.17, 15) is 8.42 Å². The number of nitrogens with one attached hydrogen (secondary N) is 1. The Kier molecular flexibility index (Phi) is 3.41. The van der Waals surface area contributed by atoms with E-state index in [4.69, 9.17) is 0 Å². The average Bonchev–Trinajstić information content (AvgIpc) is 3.00. The second-order valence-electron chi connectivity index (χ2n) is 5.72. The maximum absolute atomic E-state index is 13.0. The Balaban J connectivity index is 2.15. The molecule has 1 fully saturated rings. The maximum Gasteiger partial charge on any atom is 0.262 e. The number of hydrogen-bond acceptors (Lipinski definition) is 4. The summed E-state index contributed by atoms with van der Waals surface area (Å²) in [4.78, 5) is 4.35. The summed E-state index contributed by atoms with van der Waals surface area (Å²) in [6.07, 6.45) is 1.74. The summed E-state index contributed by atoms with van der Waals surface area (Å²) in [6.45, 7) is 5.31. The minimum absolute atomic E-state index is 0.224. The Bertz CT molecular complexity index is 758. The zero-order valence-corrected chi connectivity index (χ0v) is 13.3. The molecular weight excluding hydrogens is 288 g/mol. The first-order chi connectivity index (χ1) is 9.95. The molecule has 0 amide bonds. The third-order valence-corrected chi connectivity index (χ3v) is 6.12. The molecule has 7 heteroatoms. The third kappa shape index (κ3) is 2.20. The van der Waals surface area contributed by atoms with E-state index in [1.807, 2.05) is 12.1 Å². The van der Waals surface area contributed by atoms with Crippen molar-refractivity contribution < 1.29 is 8.42 Å². The van der Waals surface area contributed by atoms with E-state index in [1.165, 1.54) is 0 Å². The molecule has 1 aliphatic heterocycles. The number of anilines is 1. The van der Waals surface area contributed by atoms with E-state index >= 15 is 0 Å². The Morgan fingerprint density at radius 3 is 2.52 bits per heavy atom. The van der Waals surface area contributed by atoms with Crippen molar-refractivity contribution in [3.05, 3.63) is 24.4 Å². The number of hydrogen-bond donors (Lipinski definition) is 1. The maximum atomic E-state index is 13.0. The van der Waals surface area contributed by atoms with Gasteiger partial charge in [0.2, 0.25) is 0 Å². The van der Waals surface area contributed by atoms with Gasteiger partial charge in [0.05, 0.1) is 0 Å². The molecule has 0 aliphatic carbocycles. The van der Waals surface area contributed by atoms with Gasteiger partial charge in [0, 0.05) is 26.3 Å². The molecule has 0 spiro atoms. The van der Waals surface area contributed by atoms with Gasteiger partial charge in [-0.15, -0.1) is 0 Å². The number of nitrogens with zero attached hydrogens (tertiary/aromatic N) is 3. The lowest BCUT2D eigenvalue weighted by atomic mass is 10.0. The molecule has 1 N–H and O–H groups in total. The van der Waals surface area contributed by atoms with Crippen LogP contribution in [0.15, 0.2) is 29.4 Å². The Morgan fingerprint density at radius 2 is 1.90 bits per heavy atom. The topological polar surface area (TPSA) is 66.7 Å². The first-order valence-corrected chi connectivity index (χ1v) is 8.54. The molecule has 0 bridgehead atoms. The van der Waals surface area contributed by atoms with Crippen LogP contribution in [0.25, 0.3) is 5.65 Å². The highest BCUT2D eigenvalue weighted by molar-refractivity contribution is 7.89. The molecule has 0 aromatic carbocycles. The van der Waals surface area contributed by atoms with Gasteiger partial charge >= 0.3 is 0 Å². The number of rotatable bonds is 3. The number of fused-ring (bicyclic) bond motifs is 1. The molecule has 2 unspecified atom stereocenters. The van der Waals surface area contributed by atoms with Gasteiger partial charge in [0.1, 0.15) is 5.65 Å². The zero-order chi connectivity index (χ0) is 15.2. The van der Waals surface area contributed by atoms with Crippen LogP contribution in [0.1, 0.15) is 13.8 Å². The van der Waals surface area contributed by atoms with Crippen LogP contribution in [0.3, 0.4) is 0 Å². The Hall–Kier alpha value is -1.60. The lowest BCUT2D eigenvalue weighted by Crippen LogP contribution is -2.30. The SMILES string of the molecule is CNc1nc2ccccn2c1S(=O)(=O)N1CC(C)C(C)C1. The first kappa shape index (κ1) is 14.3. The molecule has 2 atom stereocenters. The van der Waals surface area contributed by atoms with Crippen LogP contribution in [0.4, 0.5) is 5.82 Å². The van der Waals surface area contributed by atoms with Crippen molar-refractivity contribution >= 4 is 21.5 Å². The lowest BCUT2D eigenvalue weighted by molar-refractivity contribution is 0.460. The predicted molar refractivity (Wildman–Crippen MR) is 81.8 cm³/mol. The van der Waals surface area contributed by atoms with Gasteiger partial charge in [-0.05, 0) is 24.0 Å². The number of sulfonamides is 1. The van der Waals surface area contributed by atoms with Crippen molar-refractivity contribution in [3.63, 3.8) is 0 Å². The number of aromatic nitrogens is 2. The van der Waals surface area contributed by atoms with Gasteiger partial charge in [0.15, 0.2) is 10.8 Å². The fourth-order valence-corrected chi connectivity index (χ4v) is 4.68. The van der Waals surface area contributed by atoms with Crippen LogP contribution in [0.5, 0.6) is 0 Å². The molecule has 114 valence electrons. The molecule has 2 aromatic rings. The molecule has 3 heterocycles. The normalized spacial score (nSPS) is 23.8. The standard InChI is InChI=1S/C14H20N4O2S/c1-10-8-17(9-11(10)2)21(19,20)14-13(15-3)16-12-6-4-5-7-18(12)14/h4-7,10-11,15H,8-9H2,1-3H3. The summed E-state index contributed by atoms with van der Waals surface area (Å²) in [7, 11) is -1.87. The van der Waals surface area contributed by atoms with Crippen LogP contribution in [-0.2, 0) is 10.0 Å². The molecule has 3 rings (SSSR count). The second kappa shape index (κ2) is 4.99. The van der Waals surface area contributed by atoms with E-state index in [2.05, 4.69) is 24.1 Å². The lowest BCUT2D eigenvalue weighted by Gasteiger charge is -2.16. The van der Waals surface area contributed by atoms with Gasteiger partial charge in [-0.25, -0.2) is 13.4 Å². The van der Waals surface area contributed by atoms with Crippen molar-refractivity contribution in [2.24, 2.45) is 11.8 Å². The summed E-state index contributed by atoms with van der Waals surface area (Å²) in [5, 5.41) is 3.12. The molecule has 6 nitrogen and oxygen atoms in total. The van der Waals surface area contributed by atoms with Crippen molar-refractivity contribution in [2.45, 2.75) is 18.9 Å². The van der Waals surface area contributed by atoms with Crippen LogP contribution < -0.4 is 5.32 Å². The van der Waals surface area contributed by atoms with Gasteiger partial charge in [0.25, 0.3) is 10.0 Å². The zero-order valence-electron chi connectivity index (χ0n) is 12.4. The second-order valence-corrected chi connectivity index (χ2v) is 7.57. The summed E-state index contributed by atoms with van der Waals surface area (Å²) >= 11 is 0. The summed E-state index contributed by atoms with van der Waals surface area (Å²) in [5.74, 6) is 1.14. The van der Waals surface area contributed by atoms with Crippen molar-refractivity contribution in [2.75, 3.05) is 25.5 Å². The van der Waals surface area contributed by atoms with Gasteiger partial charge in [-0.2, -0.15) is 4.31 Å². The average molecular weight is 308 g/mol. The van der Waals surface area contributed by atoms with Crippen molar-refractivity contribution in [3.8, 4) is 0 Å². The summed E-state index contributed by atoms with van der Waals surface area (Å²) < 4.78 is 29.2. The fourth-order valence-electron chi connectivity index (χ4n) is 2.78. The van der Waals surface area contributed by atoms with Crippen LogP contribution in [0.2, 0.25) is 0 Å². The van der Waals surface area contributed by atoms with Gasteiger partial charge in [-0.3, -0.25) is 4.40 Å². The van der Waals surface area contributed by atoms with Gasteiger partial charge in [-0.1, -0.05) is 19.9 Å². The monoisotopic (exact) mass is 308 g/mol. The predicted octanol–water partition coefficient (Wildman–Crippen LogP) is 1.65. The summed E-state index contributed by atoms with van der Waals surface area (Å²) in [6, 6.07) is 5.45. The van der Waals surface area contributed by atoms with Gasteiger partial charge < -0.3 is 5.32 Å².